The topological polar surface area (TPSA) is 168 Å². The van der Waals surface area contributed by atoms with Crippen LogP contribution >= 0.6 is 19.2 Å². The summed E-state index contributed by atoms with van der Waals surface area (Å²) in [5, 5.41) is 11.3. The number of rotatable bonds is 11. The first-order chi connectivity index (χ1) is 19.3. The van der Waals surface area contributed by atoms with Crippen LogP contribution in [0.5, 0.6) is 5.75 Å². The molecule has 0 spiro atoms. The normalized spacial score (nSPS) is 25.6. The van der Waals surface area contributed by atoms with Gasteiger partial charge in [-0.15, -0.1) is 11.6 Å². The van der Waals surface area contributed by atoms with Crippen molar-refractivity contribution in [3.63, 3.8) is 0 Å². The number of aromatic nitrogens is 3. The average Bonchev–Trinajstić information content (AvgIpc) is 3.42. The number of carbonyl (C=O) groups is 1. The quantitative estimate of drug-likeness (QED) is 0.164. The van der Waals surface area contributed by atoms with Crippen LogP contribution < -0.4 is 15.8 Å². The Morgan fingerprint density at radius 3 is 2.61 bits per heavy atom. The molecule has 1 aliphatic heterocycles. The largest absolute Gasteiger partial charge is 0.463 e. The molecular weight excluding hydrogens is 582 g/mol. The Kier molecular flexibility index (Phi) is 9.15. The van der Waals surface area contributed by atoms with E-state index in [0.717, 1.165) is 0 Å². The van der Waals surface area contributed by atoms with Crippen LogP contribution in [0.15, 0.2) is 47.4 Å². The van der Waals surface area contributed by atoms with Gasteiger partial charge in [0.25, 0.3) is 5.56 Å². The second-order valence-electron chi connectivity index (χ2n) is 10.3. The first-order valence-corrected chi connectivity index (χ1v) is 15.1. The zero-order chi connectivity index (χ0) is 30.1. The molecule has 1 unspecified atom stereocenters. The van der Waals surface area contributed by atoms with E-state index in [1.807, 2.05) is 0 Å². The molecule has 1 aliphatic rings. The highest BCUT2D eigenvalue weighted by Gasteiger charge is 2.59. The molecule has 0 bridgehead atoms. The maximum Gasteiger partial charge on any atom is 0.380 e. The highest BCUT2D eigenvalue weighted by Crippen LogP contribution is 2.54. The summed E-state index contributed by atoms with van der Waals surface area (Å²) in [6, 6.07) is 9.65. The zero-order valence-electron chi connectivity index (χ0n) is 22.9. The van der Waals surface area contributed by atoms with Crippen molar-refractivity contribution in [1.29, 1.82) is 0 Å². The van der Waals surface area contributed by atoms with Crippen LogP contribution in [0.1, 0.15) is 33.9 Å². The van der Waals surface area contributed by atoms with E-state index in [4.69, 9.17) is 35.9 Å². The van der Waals surface area contributed by atoms with E-state index >= 15 is 0 Å². The summed E-state index contributed by atoms with van der Waals surface area (Å²) in [5.74, 6) is -1.43. The third-order valence-corrected chi connectivity index (χ3v) is 9.23. The third kappa shape index (κ3) is 6.44. The summed E-state index contributed by atoms with van der Waals surface area (Å²) < 4.78 is 52.8. The van der Waals surface area contributed by atoms with Gasteiger partial charge in [-0.2, -0.15) is 4.98 Å². The van der Waals surface area contributed by atoms with Gasteiger partial charge in [0, 0.05) is 6.20 Å². The number of halogens is 2. The van der Waals surface area contributed by atoms with Crippen molar-refractivity contribution < 1.29 is 37.4 Å². The number of benzene rings is 1. The van der Waals surface area contributed by atoms with Crippen molar-refractivity contribution in [3.8, 4) is 5.75 Å². The maximum atomic E-state index is 14.5. The van der Waals surface area contributed by atoms with Gasteiger partial charge in [0.05, 0.1) is 29.7 Å². The summed E-state index contributed by atoms with van der Waals surface area (Å²) in [6.45, 7) is 5.13. The van der Waals surface area contributed by atoms with Gasteiger partial charge in [0.15, 0.2) is 11.9 Å². The summed E-state index contributed by atoms with van der Waals surface area (Å²) in [7, 11) is -4.12. The Labute approximate surface area is 240 Å². The van der Waals surface area contributed by atoms with Crippen LogP contribution in [0.4, 0.5) is 10.3 Å². The van der Waals surface area contributed by atoms with E-state index in [2.05, 4.69) is 9.97 Å². The minimum absolute atomic E-state index is 0.0618. The lowest BCUT2D eigenvalue weighted by Crippen LogP contribution is -2.46. The predicted octanol–water partition coefficient (Wildman–Crippen LogP) is 3.78. The number of anilines is 1. The first-order valence-electron chi connectivity index (χ1n) is 13.0. The third-order valence-electron chi connectivity index (χ3n) is 6.59. The van der Waals surface area contributed by atoms with Gasteiger partial charge in [0.1, 0.15) is 29.5 Å². The van der Waals surface area contributed by atoms with Crippen LogP contribution in [0.25, 0.3) is 11.0 Å². The van der Waals surface area contributed by atoms with Gasteiger partial charge in [-0.1, -0.05) is 25.1 Å². The number of nitrogens with one attached hydrogen (secondary N) is 1. The molecule has 0 radical (unpaired) electrons. The van der Waals surface area contributed by atoms with Gasteiger partial charge >= 0.3 is 13.6 Å². The molecule has 1 fully saturated rings. The number of esters is 1. The zero-order valence-corrected chi connectivity index (χ0v) is 24.5. The molecule has 4 N–H and O–H groups in total. The van der Waals surface area contributed by atoms with Crippen molar-refractivity contribution in [3.05, 3.63) is 52.9 Å². The molecule has 15 heteroatoms. The molecule has 7 atom stereocenters. The predicted molar refractivity (Wildman–Crippen MR) is 150 cm³/mol. The molecule has 224 valence electrons. The number of nitrogens with zero attached hydrogens (tertiary/aromatic N) is 2. The molecule has 4 rings (SSSR count). The number of H-pyrrole nitrogens is 1. The minimum atomic E-state index is -4.12. The molecule has 2 aromatic heterocycles. The monoisotopic (exact) mass is 614 g/mol. The summed E-state index contributed by atoms with van der Waals surface area (Å²) in [6.07, 6.45) is -4.84. The number of hydrogen-bond acceptors (Lipinski definition) is 10. The Bertz CT molecular complexity index is 1490. The number of aliphatic hydroxyl groups is 1. The molecule has 0 saturated carbocycles. The number of fused-ring (bicyclic) bond motifs is 1. The van der Waals surface area contributed by atoms with Crippen LogP contribution in [-0.2, 0) is 23.4 Å². The van der Waals surface area contributed by atoms with Crippen molar-refractivity contribution >= 4 is 42.1 Å². The number of aliphatic hydroxyl groups excluding tert-OH is 1. The van der Waals surface area contributed by atoms with Crippen molar-refractivity contribution in [2.24, 2.45) is 5.92 Å². The first kappa shape index (κ1) is 31.0. The Balaban J connectivity index is 1.63. The summed E-state index contributed by atoms with van der Waals surface area (Å²) in [5.41, 5.74) is 5.24. The van der Waals surface area contributed by atoms with E-state index in [9.17, 15) is 23.7 Å². The fourth-order valence-electron chi connectivity index (χ4n) is 4.63. The number of aromatic amines is 1. The molecule has 1 aromatic carbocycles. The van der Waals surface area contributed by atoms with E-state index in [-0.39, 0.29) is 35.0 Å². The van der Waals surface area contributed by atoms with Crippen LogP contribution in [-0.4, -0.2) is 67.7 Å². The Morgan fingerprint density at radius 1 is 1.29 bits per heavy atom. The van der Waals surface area contributed by atoms with Crippen molar-refractivity contribution in [2.75, 3.05) is 18.6 Å². The number of carbonyl (C=O) groups excluding carboxylic acids is 1. The van der Waals surface area contributed by atoms with E-state index in [1.165, 1.54) is 30.7 Å². The molecule has 0 aliphatic carbocycles. The number of ether oxygens (including phenoxy) is 2. The molecule has 1 saturated heterocycles. The fourth-order valence-corrected chi connectivity index (χ4v) is 7.00. The van der Waals surface area contributed by atoms with Gasteiger partial charge in [-0.05, 0) is 39.0 Å². The highest BCUT2D eigenvalue weighted by atomic mass is 35.5. The molecule has 3 heterocycles. The number of para-hydroxylation sites is 1. The lowest BCUT2D eigenvalue weighted by atomic mass is 9.97. The van der Waals surface area contributed by atoms with Gasteiger partial charge < -0.3 is 29.4 Å². The van der Waals surface area contributed by atoms with E-state index in [1.54, 1.807) is 44.2 Å². The molecular formula is C26H33ClFN4O8P. The van der Waals surface area contributed by atoms with Crippen molar-refractivity contribution in [2.45, 2.75) is 63.2 Å². The Morgan fingerprint density at radius 2 is 1.98 bits per heavy atom. The second kappa shape index (κ2) is 12.1. The number of nitrogens with two attached hydrogens (primary N) is 1. The average molecular weight is 615 g/mol. The van der Waals surface area contributed by atoms with Crippen molar-refractivity contribution in [1.82, 2.24) is 14.5 Å². The second-order valence-corrected chi connectivity index (χ2v) is 12.9. The maximum absolute atomic E-state index is 14.5. The van der Waals surface area contributed by atoms with Gasteiger partial charge in [-0.3, -0.25) is 19.1 Å². The lowest BCUT2D eigenvalue weighted by molar-refractivity contribution is -0.151. The highest BCUT2D eigenvalue weighted by molar-refractivity contribution is 7.54. The van der Waals surface area contributed by atoms with E-state index in [0.29, 0.717) is 0 Å². The van der Waals surface area contributed by atoms with Crippen LogP contribution in [0, 0.1) is 5.92 Å². The number of nitrogen functional groups attached to an aromatic ring is 1. The number of hydrogen-bond donors (Lipinski definition) is 3. The summed E-state index contributed by atoms with van der Waals surface area (Å²) >= 11 is 6.62. The van der Waals surface area contributed by atoms with Gasteiger partial charge in [0.2, 0.25) is 5.95 Å². The Hall–Kier alpha value is -2.96. The standard InChI is InChI=1S/C26H33ClFN4O8P/c1-14(2)37-23(35)15(3)12-41(36,40-17-8-6-5-7-9-17)39-16(4)19-20(33)26(27,13-28)24(38-19)32-11-10-18-21(32)30-25(29)31-22(18)34/h5-11,14-16,19-20,24,33H,12-13H2,1-4H3,(H3,29,30,31,34)/t15-,16-,19-,20+,24-,26?,41-/m1/s1. The molecule has 3 aromatic rings. The fraction of sp³-hybridized carbons (Fsp3) is 0.500. The summed E-state index contributed by atoms with van der Waals surface area (Å²) in [4.78, 5) is 29.3. The van der Waals surface area contributed by atoms with Crippen LogP contribution in [0.3, 0.4) is 0 Å². The smallest absolute Gasteiger partial charge is 0.380 e. The van der Waals surface area contributed by atoms with Crippen LogP contribution in [0.2, 0.25) is 0 Å². The van der Waals surface area contributed by atoms with Gasteiger partial charge in [-0.25, -0.2) is 8.96 Å². The SMILES string of the molecule is CC(C)OC(=O)[C@H](C)C[P@](=O)(Oc1ccccc1)O[C@H](C)[C@H]1O[C@@H](n2ccc3c(=O)[nH]c(N)nc32)C(Cl)(CF)[C@H]1O. The lowest BCUT2D eigenvalue weighted by Gasteiger charge is -2.29. The molecule has 12 nitrogen and oxygen atoms in total. The number of alkyl halides is 2. The molecule has 41 heavy (non-hydrogen) atoms. The molecule has 0 amide bonds. The minimum Gasteiger partial charge on any atom is -0.463 e. The van der Waals surface area contributed by atoms with E-state index < -0.39 is 61.1 Å².